The Kier molecular flexibility index (Phi) is 3.61. The molecule has 0 aliphatic carbocycles. The fourth-order valence-electron chi connectivity index (χ4n) is 1.89. The molecule has 0 radical (unpaired) electrons. The van der Waals surface area contributed by atoms with Crippen molar-refractivity contribution in [3.63, 3.8) is 0 Å². The average molecular weight is 265 g/mol. The van der Waals surface area contributed by atoms with Crippen molar-refractivity contribution in [2.45, 2.75) is 27.3 Å². The molecular weight excluding hydrogens is 249 g/mol. The first-order valence-corrected chi connectivity index (χ1v) is 6.31. The Hall–Kier alpha value is -1.49. The number of aromatic nitrogens is 3. The number of H-pyrrole nitrogens is 1. The lowest BCUT2D eigenvalue weighted by molar-refractivity contribution is 0.521. The van der Waals surface area contributed by atoms with Gasteiger partial charge in [0.25, 0.3) is 0 Å². The maximum absolute atomic E-state index is 13.4. The molecule has 3 nitrogen and oxygen atoms in total. The second kappa shape index (κ2) is 5.02. The molecule has 96 valence electrons. The third-order valence-electron chi connectivity index (χ3n) is 2.75. The fourth-order valence-corrected chi connectivity index (χ4v) is 2.10. The summed E-state index contributed by atoms with van der Waals surface area (Å²) in [6, 6.07) is 4.70. The van der Waals surface area contributed by atoms with Gasteiger partial charge >= 0.3 is 0 Å². The molecule has 0 saturated carbocycles. The van der Waals surface area contributed by atoms with Gasteiger partial charge in [-0.05, 0) is 42.8 Å². The van der Waals surface area contributed by atoms with Crippen LogP contribution in [0.1, 0.15) is 19.4 Å². The normalized spacial score (nSPS) is 11.2. The van der Waals surface area contributed by atoms with E-state index < -0.39 is 0 Å². The minimum Gasteiger partial charge on any atom is -0.300 e. The highest BCUT2D eigenvalue weighted by atomic mass is 32.1. The summed E-state index contributed by atoms with van der Waals surface area (Å²) in [6.45, 7) is 6.92. The van der Waals surface area contributed by atoms with Gasteiger partial charge in [0, 0.05) is 12.1 Å². The highest BCUT2D eigenvalue weighted by molar-refractivity contribution is 7.71. The Labute approximate surface area is 111 Å². The summed E-state index contributed by atoms with van der Waals surface area (Å²) in [7, 11) is 0. The number of hydrogen-bond acceptors (Lipinski definition) is 2. The van der Waals surface area contributed by atoms with Crippen molar-refractivity contribution in [3.05, 3.63) is 34.4 Å². The first-order valence-electron chi connectivity index (χ1n) is 5.90. The molecule has 0 bridgehead atoms. The van der Waals surface area contributed by atoms with Gasteiger partial charge in [-0.3, -0.25) is 9.67 Å². The van der Waals surface area contributed by atoms with E-state index in [1.54, 1.807) is 6.07 Å². The largest absolute Gasteiger partial charge is 0.300 e. The van der Waals surface area contributed by atoms with Crippen LogP contribution in [0.3, 0.4) is 0 Å². The molecule has 0 aliphatic rings. The molecule has 0 saturated heterocycles. The number of benzene rings is 1. The molecule has 0 spiro atoms. The lowest BCUT2D eigenvalue weighted by Gasteiger charge is -2.11. The molecule has 5 heteroatoms. The van der Waals surface area contributed by atoms with E-state index in [0.717, 1.165) is 17.7 Å². The summed E-state index contributed by atoms with van der Waals surface area (Å²) in [6.07, 6.45) is 0. The van der Waals surface area contributed by atoms with Gasteiger partial charge in [0.15, 0.2) is 10.6 Å². The van der Waals surface area contributed by atoms with Crippen molar-refractivity contribution in [1.29, 1.82) is 0 Å². The molecule has 1 N–H and O–H groups in total. The number of aromatic amines is 1. The van der Waals surface area contributed by atoms with E-state index >= 15 is 0 Å². The summed E-state index contributed by atoms with van der Waals surface area (Å²) in [5, 5.41) is 7.00. The van der Waals surface area contributed by atoms with E-state index in [9.17, 15) is 4.39 Å². The van der Waals surface area contributed by atoms with Gasteiger partial charge in [-0.15, -0.1) is 0 Å². The smallest absolute Gasteiger partial charge is 0.195 e. The zero-order valence-electron chi connectivity index (χ0n) is 10.7. The predicted molar refractivity (Wildman–Crippen MR) is 72.4 cm³/mol. The first-order chi connectivity index (χ1) is 8.49. The number of halogens is 1. The lowest BCUT2D eigenvalue weighted by Crippen LogP contribution is -2.07. The van der Waals surface area contributed by atoms with E-state index in [-0.39, 0.29) is 5.82 Å². The van der Waals surface area contributed by atoms with E-state index in [1.165, 1.54) is 12.1 Å². The molecule has 0 fully saturated rings. The topological polar surface area (TPSA) is 33.6 Å². The standard InChI is InChI=1S/C13H16FN3S/c1-8(2)7-17-12(15-16-13(17)18)11-6-10(14)5-4-9(11)3/h4-6,8H,7H2,1-3H3,(H,16,18). The third kappa shape index (κ3) is 2.51. The monoisotopic (exact) mass is 265 g/mol. The van der Waals surface area contributed by atoms with Crippen molar-refractivity contribution in [1.82, 2.24) is 14.8 Å². The van der Waals surface area contributed by atoms with Gasteiger partial charge in [-0.1, -0.05) is 19.9 Å². The second-order valence-corrected chi connectivity index (χ2v) is 5.20. The van der Waals surface area contributed by atoms with Crippen LogP contribution in [0.5, 0.6) is 0 Å². The molecule has 0 aliphatic heterocycles. The SMILES string of the molecule is Cc1ccc(F)cc1-c1n[nH]c(=S)n1CC(C)C. The van der Waals surface area contributed by atoms with Crippen LogP contribution in [0, 0.1) is 23.4 Å². The molecule has 1 aromatic carbocycles. The van der Waals surface area contributed by atoms with E-state index in [1.807, 2.05) is 11.5 Å². The average Bonchev–Trinajstić information content (AvgIpc) is 2.64. The molecule has 2 aromatic rings. The lowest BCUT2D eigenvalue weighted by atomic mass is 10.1. The van der Waals surface area contributed by atoms with Crippen molar-refractivity contribution in [3.8, 4) is 11.4 Å². The van der Waals surface area contributed by atoms with Gasteiger partial charge in [-0.2, -0.15) is 5.10 Å². The minimum atomic E-state index is -0.263. The number of aryl methyl sites for hydroxylation is 1. The fraction of sp³-hybridized carbons (Fsp3) is 0.385. The summed E-state index contributed by atoms with van der Waals surface area (Å²) in [5.74, 6) is 0.883. The molecule has 0 amide bonds. The van der Waals surface area contributed by atoms with Crippen LogP contribution in [-0.2, 0) is 6.54 Å². The van der Waals surface area contributed by atoms with Gasteiger partial charge in [-0.25, -0.2) is 4.39 Å². The van der Waals surface area contributed by atoms with Gasteiger partial charge in [0.05, 0.1) is 0 Å². The van der Waals surface area contributed by atoms with Crippen molar-refractivity contribution < 1.29 is 4.39 Å². The van der Waals surface area contributed by atoms with E-state index in [2.05, 4.69) is 24.0 Å². The van der Waals surface area contributed by atoms with Gasteiger partial charge in [0.2, 0.25) is 0 Å². The highest BCUT2D eigenvalue weighted by Gasteiger charge is 2.12. The van der Waals surface area contributed by atoms with Crippen LogP contribution in [0.25, 0.3) is 11.4 Å². The van der Waals surface area contributed by atoms with Crippen molar-refractivity contribution in [2.24, 2.45) is 5.92 Å². The maximum atomic E-state index is 13.4. The summed E-state index contributed by atoms with van der Waals surface area (Å²) < 4.78 is 15.9. The Balaban J connectivity index is 2.57. The van der Waals surface area contributed by atoms with Crippen LogP contribution in [0.2, 0.25) is 0 Å². The van der Waals surface area contributed by atoms with Gasteiger partial charge < -0.3 is 0 Å². The Bertz CT molecular complexity index is 613. The molecule has 18 heavy (non-hydrogen) atoms. The second-order valence-electron chi connectivity index (χ2n) is 4.82. The van der Waals surface area contributed by atoms with Crippen molar-refractivity contribution >= 4 is 12.2 Å². The molecular formula is C13H16FN3S. The highest BCUT2D eigenvalue weighted by Crippen LogP contribution is 2.23. The van der Waals surface area contributed by atoms with E-state index in [0.29, 0.717) is 16.5 Å². The zero-order valence-corrected chi connectivity index (χ0v) is 11.5. The van der Waals surface area contributed by atoms with Gasteiger partial charge in [0.1, 0.15) is 5.82 Å². The maximum Gasteiger partial charge on any atom is 0.195 e. The molecule has 2 rings (SSSR count). The molecule has 1 heterocycles. The van der Waals surface area contributed by atoms with Crippen LogP contribution in [-0.4, -0.2) is 14.8 Å². The summed E-state index contributed by atoms with van der Waals surface area (Å²) >= 11 is 5.22. The van der Waals surface area contributed by atoms with Crippen LogP contribution in [0.4, 0.5) is 4.39 Å². The van der Waals surface area contributed by atoms with Crippen LogP contribution >= 0.6 is 12.2 Å². The Morgan fingerprint density at radius 2 is 2.17 bits per heavy atom. The van der Waals surface area contributed by atoms with Crippen molar-refractivity contribution in [2.75, 3.05) is 0 Å². The number of rotatable bonds is 3. The quantitative estimate of drug-likeness (QED) is 0.858. The van der Waals surface area contributed by atoms with Crippen LogP contribution < -0.4 is 0 Å². The molecule has 0 unspecified atom stereocenters. The third-order valence-corrected chi connectivity index (χ3v) is 3.06. The number of hydrogen-bond donors (Lipinski definition) is 1. The van der Waals surface area contributed by atoms with Crippen LogP contribution in [0.15, 0.2) is 18.2 Å². The number of nitrogens with zero attached hydrogens (tertiary/aromatic N) is 2. The first kappa shape index (κ1) is 13.0. The zero-order chi connectivity index (χ0) is 13.3. The summed E-state index contributed by atoms with van der Waals surface area (Å²) in [4.78, 5) is 0. The molecule has 1 aromatic heterocycles. The summed E-state index contributed by atoms with van der Waals surface area (Å²) in [5.41, 5.74) is 1.76. The minimum absolute atomic E-state index is 0.263. The molecule has 0 atom stereocenters. The Morgan fingerprint density at radius 3 is 2.83 bits per heavy atom. The number of nitrogens with one attached hydrogen (secondary N) is 1. The predicted octanol–water partition coefficient (Wildman–Crippen LogP) is 3.71. The van der Waals surface area contributed by atoms with E-state index in [4.69, 9.17) is 12.2 Å². The Morgan fingerprint density at radius 1 is 1.44 bits per heavy atom.